The Kier molecular flexibility index (Phi) is 4.93. The standard InChI is InChI=1S/C14H23N3O/c1-3-11-5-4-6-13(7-11)18-14-10-16-12(8-15-2)9-17-14/h9-11,13,15H,3-8H2,1-2H3. The van der Waals surface area contributed by atoms with E-state index in [1.165, 1.54) is 19.3 Å². The summed E-state index contributed by atoms with van der Waals surface area (Å²) >= 11 is 0. The van der Waals surface area contributed by atoms with E-state index in [2.05, 4.69) is 22.2 Å². The minimum Gasteiger partial charge on any atom is -0.473 e. The first-order valence-electron chi connectivity index (χ1n) is 6.94. The molecule has 0 bridgehead atoms. The highest BCUT2D eigenvalue weighted by Crippen LogP contribution is 2.28. The van der Waals surface area contributed by atoms with E-state index in [4.69, 9.17) is 4.74 Å². The molecule has 1 aliphatic carbocycles. The van der Waals surface area contributed by atoms with Gasteiger partial charge in [-0.05, 0) is 32.2 Å². The SMILES string of the molecule is CCC1CCCC(Oc2cnc(CNC)cn2)C1. The van der Waals surface area contributed by atoms with Crippen LogP contribution in [0, 0.1) is 5.92 Å². The predicted octanol–water partition coefficient (Wildman–Crippen LogP) is 2.54. The summed E-state index contributed by atoms with van der Waals surface area (Å²) in [6.07, 6.45) is 10.0. The molecule has 18 heavy (non-hydrogen) atoms. The summed E-state index contributed by atoms with van der Waals surface area (Å²) in [5.41, 5.74) is 0.944. The second-order valence-electron chi connectivity index (χ2n) is 5.06. The zero-order chi connectivity index (χ0) is 12.8. The fourth-order valence-corrected chi connectivity index (χ4v) is 2.57. The normalized spacial score (nSPS) is 23.9. The van der Waals surface area contributed by atoms with Crippen LogP contribution in [0.25, 0.3) is 0 Å². The summed E-state index contributed by atoms with van der Waals surface area (Å²) in [5, 5.41) is 3.05. The molecule has 1 saturated carbocycles. The van der Waals surface area contributed by atoms with Crippen molar-refractivity contribution in [3.05, 3.63) is 18.1 Å². The van der Waals surface area contributed by atoms with Crippen LogP contribution in [0.3, 0.4) is 0 Å². The molecule has 1 aliphatic rings. The third-order valence-corrected chi connectivity index (χ3v) is 3.64. The second-order valence-corrected chi connectivity index (χ2v) is 5.06. The molecule has 1 heterocycles. The van der Waals surface area contributed by atoms with Gasteiger partial charge in [-0.2, -0.15) is 0 Å². The largest absolute Gasteiger partial charge is 0.473 e. The lowest BCUT2D eigenvalue weighted by molar-refractivity contribution is 0.116. The smallest absolute Gasteiger partial charge is 0.232 e. The van der Waals surface area contributed by atoms with Crippen molar-refractivity contribution < 1.29 is 4.74 Å². The lowest BCUT2D eigenvalue weighted by Gasteiger charge is -2.28. The first-order chi connectivity index (χ1) is 8.81. The molecule has 100 valence electrons. The Balaban J connectivity index is 1.88. The Morgan fingerprint density at radius 3 is 2.89 bits per heavy atom. The average molecular weight is 249 g/mol. The third kappa shape index (κ3) is 3.67. The maximum Gasteiger partial charge on any atom is 0.232 e. The maximum absolute atomic E-state index is 5.93. The van der Waals surface area contributed by atoms with Crippen LogP contribution in [0.15, 0.2) is 12.4 Å². The van der Waals surface area contributed by atoms with E-state index >= 15 is 0 Å². The van der Waals surface area contributed by atoms with Crippen LogP contribution in [0.5, 0.6) is 5.88 Å². The van der Waals surface area contributed by atoms with Crippen LogP contribution in [0.4, 0.5) is 0 Å². The zero-order valence-electron chi connectivity index (χ0n) is 11.4. The van der Waals surface area contributed by atoms with E-state index in [9.17, 15) is 0 Å². The first-order valence-corrected chi connectivity index (χ1v) is 6.94. The van der Waals surface area contributed by atoms with Crippen LogP contribution in [-0.2, 0) is 6.54 Å². The van der Waals surface area contributed by atoms with Crippen molar-refractivity contribution in [2.24, 2.45) is 5.92 Å². The minimum absolute atomic E-state index is 0.327. The molecule has 2 atom stereocenters. The molecule has 4 nitrogen and oxygen atoms in total. The van der Waals surface area contributed by atoms with Gasteiger partial charge in [0.15, 0.2) is 0 Å². The van der Waals surface area contributed by atoms with Crippen LogP contribution in [0.1, 0.15) is 44.7 Å². The molecule has 1 aromatic heterocycles. The van der Waals surface area contributed by atoms with E-state index < -0.39 is 0 Å². The monoisotopic (exact) mass is 249 g/mol. The van der Waals surface area contributed by atoms with Crippen molar-refractivity contribution in [3.8, 4) is 5.88 Å². The summed E-state index contributed by atoms with van der Waals surface area (Å²) in [5.74, 6) is 1.48. The van der Waals surface area contributed by atoms with Crippen LogP contribution >= 0.6 is 0 Å². The molecule has 0 spiro atoms. The Morgan fingerprint density at radius 2 is 2.22 bits per heavy atom. The second kappa shape index (κ2) is 6.69. The quantitative estimate of drug-likeness (QED) is 0.871. The molecule has 0 radical (unpaired) electrons. The van der Waals surface area contributed by atoms with Gasteiger partial charge >= 0.3 is 0 Å². The van der Waals surface area contributed by atoms with E-state index in [1.807, 2.05) is 7.05 Å². The van der Waals surface area contributed by atoms with Gasteiger partial charge in [-0.15, -0.1) is 0 Å². The van der Waals surface area contributed by atoms with E-state index in [0.717, 1.165) is 31.0 Å². The van der Waals surface area contributed by atoms with Gasteiger partial charge in [0.25, 0.3) is 0 Å². The Bertz CT molecular complexity index is 353. The zero-order valence-corrected chi connectivity index (χ0v) is 11.4. The van der Waals surface area contributed by atoms with Crippen molar-refractivity contribution >= 4 is 0 Å². The highest BCUT2D eigenvalue weighted by molar-refractivity contribution is 5.07. The number of ether oxygens (including phenoxy) is 1. The summed E-state index contributed by atoms with van der Waals surface area (Å²) in [4.78, 5) is 8.64. The average Bonchev–Trinajstić information content (AvgIpc) is 2.42. The number of rotatable bonds is 5. The molecule has 0 aromatic carbocycles. The molecule has 2 rings (SSSR count). The van der Waals surface area contributed by atoms with Gasteiger partial charge in [0.05, 0.1) is 18.1 Å². The number of nitrogens with one attached hydrogen (secondary N) is 1. The van der Waals surface area contributed by atoms with Gasteiger partial charge < -0.3 is 10.1 Å². The molecule has 0 amide bonds. The number of nitrogens with zero attached hydrogens (tertiary/aromatic N) is 2. The molecule has 1 aromatic rings. The third-order valence-electron chi connectivity index (χ3n) is 3.64. The predicted molar refractivity (Wildman–Crippen MR) is 71.5 cm³/mol. The maximum atomic E-state index is 5.93. The van der Waals surface area contributed by atoms with E-state index in [0.29, 0.717) is 12.0 Å². The topological polar surface area (TPSA) is 47.0 Å². The van der Waals surface area contributed by atoms with Gasteiger partial charge in [0.2, 0.25) is 5.88 Å². The number of hydrogen-bond acceptors (Lipinski definition) is 4. The fourth-order valence-electron chi connectivity index (χ4n) is 2.57. The summed E-state index contributed by atoms with van der Waals surface area (Å²) in [6, 6.07) is 0. The Morgan fingerprint density at radius 1 is 1.33 bits per heavy atom. The van der Waals surface area contributed by atoms with Crippen LogP contribution < -0.4 is 10.1 Å². The van der Waals surface area contributed by atoms with E-state index in [1.54, 1.807) is 12.4 Å². The summed E-state index contributed by atoms with van der Waals surface area (Å²) < 4.78 is 5.93. The number of hydrogen-bond donors (Lipinski definition) is 1. The highest BCUT2D eigenvalue weighted by atomic mass is 16.5. The minimum atomic E-state index is 0.327. The summed E-state index contributed by atoms with van der Waals surface area (Å²) in [6.45, 7) is 3.01. The molecular formula is C14H23N3O. The van der Waals surface area contributed by atoms with Crippen molar-refractivity contribution in [1.29, 1.82) is 0 Å². The van der Waals surface area contributed by atoms with Gasteiger partial charge in [-0.1, -0.05) is 19.8 Å². The van der Waals surface area contributed by atoms with Gasteiger partial charge in [0, 0.05) is 6.54 Å². The molecule has 1 N–H and O–H groups in total. The van der Waals surface area contributed by atoms with Gasteiger partial charge in [0.1, 0.15) is 6.10 Å². The van der Waals surface area contributed by atoms with Crippen molar-refractivity contribution in [1.82, 2.24) is 15.3 Å². The molecule has 0 saturated heterocycles. The lowest BCUT2D eigenvalue weighted by atomic mass is 9.85. The van der Waals surface area contributed by atoms with Crippen molar-refractivity contribution in [3.63, 3.8) is 0 Å². The molecule has 1 fully saturated rings. The molecule has 4 heteroatoms. The number of aromatic nitrogens is 2. The summed E-state index contributed by atoms with van der Waals surface area (Å²) in [7, 11) is 1.90. The van der Waals surface area contributed by atoms with E-state index in [-0.39, 0.29) is 0 Å². The van der Waals surface area contributed by atoms with Crippen LogP contribution in [0.2, 0.25) is 0 Å². The first kappa shape index (κ1) is 13.3. The van der Waals surface area contributed by atoms with Crippen LogP contribution in [-0.4, -0.2) is 23.1 Å². The molecular weight excluding hydrogens is 226 g/mol. The lowest BCUT2D eigenvalue weighted by Crippen LogP contribution is -2.25. The van der Waals surface area contributed by atoms with Gasteiger partial charge in [-0.3, -0.25) is 4.98 Å². The highest BCUT2D eigenvalue weighted by Gasteiger charge is 2.22. The Labute approximate surface area is 109 Å². The molecule has 2 unspecified atom stereocenters. The molecule has 0 aliphatic heterocycles. The van der Waals surface area contributed by atoms with Crippen molar-refractivity contribution in [2.75, 3.05) is 7.05 Å². The Hall–Kier alpha value is -1.16. The van der Waals surface area contributed by atoms with Gasteiger partial charge in [-0.25, -0.2) is 4.98 Å². The van der Waals surface area contributed by atoms with Crippen molar-refractivity contribution in [2.45, 2.75) is 51.7 Å². The fraction of sp³-hybridized carbons (Fsp3) is 0.714.